The second-order valence-electron chi connectivity index (χ2n) is 3.80. The first-order valence-electron chi connectivity index (χ1n) is 5.14. The smallest absolute Gasteiger partial charge is 0.179 e. The zero-order valence-corrected chi connectivity index (χ0v) is 9.71. The van der Waals surface area contributed by atoms with Gasteiger partial charge in [0, 0.05) is 12.1 Å². The van der Waals surface area contributed by atoms with Crippen molar-refractivity contribution < 1.29 is 13.9 Å². The molecule has 16 heavy (non-hydrogen) atoms. The van der Waals surface area contributed by atoms with Crippen LogP contribution in [0.4, 0.5) is 4.39 Å². The Hall–Kier alpha value is -1.42. The number of benzene rings is 1. The van der Waals surface area contributed by atoms with Gasteiger partial charge in [-0.1, -0.05) is 13.8 Å². The van der Waals surface area contributed by atoms with E-state index in [-0.39, 0.29) is 23.9 Å². The molecule has 0 heterocycles. The molecule has 0 unspecified atom stereocenters. The van der Waals surface area contributed by atoms with Gasteiger partial charge in [-0.2, -0.15) is 0 Å². The monoisotopic (exact) mass is 225 g/mol. The summed E-state index contributed by atoms with van der Waals surface area (Å²) in [6, 6.07) is 4.43. The number of rotatable bonds is 5. The molecule has 1 aromatic carbocycles. The fraction of sp³-hybridized carbons (Fsp3) is 0.417. The fourth-order valence-electron chi connectivity index (χ4n) is 1.24. The van der Waals surface area contributed by atoms with Crippen molar-refractivity contribution in [1.82, 2.24) is 5.32 Å². The number of halogens is 1. The minimum atomic E-state index is -0.546. The molecule has 3 nitrogen and oxygen atoms in total. The number of methoxy groups -OCH3 is 1. The zero-order chi connectivity index (χ0) is 12.1. The Balaban J connectivity index is 2.76. The van der Waals surface area contributed by atoms with Crippen LogP contribution < -0.4 is 10.1 Å². The Bertz CT molecular complexity index is 377. The third kappa shape index (κ3) is 3.31. The SMILES string of the molecule is COc1ccc(C(=O)CNC(C)C)c(F)c1. The molecule has 1 N–H and O–H groups in total. The summed E-state index contributed by atoms with van der Waals surface area (Å²) >= 11 is 0. The van der Waals surface area contributed by atoms with Gasteiger partial charge in [0.15, 0.2) is 5.78 Å². The topological polar surface area (TPSA) is 38.3 Å². The minimum absolute atomic E-state index is 0.0916. The summed E-state index contributed by atoms with van der Waals surface area (Å²) in [6.45, 7) is 4.00. The quantitative estimate of drug-likeness (QED) is 0.779. The largest absolute Gasteiger partial charge is 0.497 e. The van der Waals surface area contributed by atoms with Crippen molar-refractivity contribution in [1.29, 1.82) is 0 Å². The van der Waals surface area contributed by atoms with Crippen molar-refractivity contribution in [2.24, 2.45) is 0 Å². The van der Waals surface area contributed by atoms with E-state index in [0.29, 0.717) is 5.75 Å². The summed E-state index contributed by atoms with van der Waals surface area (Å²) in [4.78, 5) is 11.6. The molecule has 0 atom stereocenters. The molecule has 1 rings (SSSR count). The molecule has 0 bridgehead atoms. The number of hydrogen-bond acceptors (Lipinski definition) is 3. The van der Waals surface area contributed by atoms with E-state index in [2.05, 4.69) is 5.32 Å². The molecule has 0 amide bonds. The second kappa shape index (κ2) is 5.61. The molecule has 0 fully saturated rings. The highest BCUT2D eigenvalue weighted by atomic mass is 19.1. The predicted molar refractivity (Wildman–Crippen MR) is 60.4 cm³/mol. The van der Waals surface area contributed by atoms with Crippen LogP contribution in [0.2, 0.25) is 0 Å². The highest BCUT2D eigenvalue weighted by Gasteiger charge is 2.12. The average molecular weight is 225 g/mol. The molecule has 0 saturated carbocycles. The van der Waals surface area contributed by atoms with E-state index in [1.807, 2.05) is 13.8 Å². The Kier molecular flexibility index (Phi) is 4.43. The molecular formula is C12H16FNO2. The van der Waals surface area contributed by atoms with Gasteiger partial charge in [0.1, 0.15) is 11.6 Å². The number of hydrogen-bond donors (Lipinski definition) is 1. The van der Waals surface area contributed by atoms with Gasteiger partial charge in [-0.05, 0) is 12.1 Å². The van der Waals surface area contributed by atoms with E-state index in [0.717, 1.165) is 0 Å². The molecule has 0 saturated heterocycles. The van der Waals surface area contributed by atoms with Crippen molar-refractivity contribution in [2.75, 3.05) is 13.7 Å². The number of carbonyl (C=O) groups is 1. The molecule has 0 aliphatic carbocycles. The standard InChI is InChI=1S/C12H16FNO2/c1-8(2)14-7-12(15)10-5-4-9(16-3)6-11(10)13/h4-6,8,14H,7H2,1-3H3. The lowest BCUT2D eigenvalue weighted by Crippen LogP contribution is -2.29. The summed E-state index contributed by atoms with van der Waals surface area (Å²) in [6.07, 6.45) is 0. The van der Waals surface area contributed by atoms with Crippen LogP contribution in [-0.4, -0.2) is 25.5 Å². The van der Waals surface area contributed by atoms with Crippen LogP contribution in [0, 0.1) is 5.82 Å². The highest BCUT2D eigenvalue weighted by molar-refractivity contribution is 5.98. The molecule has 0 radical (unpaired) electrons. The van der Waals surface area contributed by atoms with Gasteiger partial charge in [0.05, 0.1) is 19.2 Å². The van der Waals surface area contributed by atoms with E-state index in [1.54, 1.807) is 6.07 Å². The summed E-state index contributed by atoms with van der Waals surface area (Å²) in [5.74, 6) is -0.394. The van der Waals surface area contributed by atoms with Gasteiger partial charge >= 0.3 is 0 Å². The zero-order valence-electron chi connectivity index (χ0n) is 9.71. The normalized spacial score (nSPS) is 10.6. The lowest BCUT2D eigenvalue weighted by atomic mass is 10.1. The lowest BCUT2D eigenvalue weighted by molar-refractivity contribution is 0.0984. The third-order valence-corrected chi connectivity index (χ3v) is 2.15. The number of ether oxygens (including phenoxy) is 1. The van der Waals surface area contributed by atoms with Crippen LogP contribution >= 0.6 is 0 Å². The van der Waals surface area contributed by atoms with Crippen LogP contribution in [0.15, 0.2) is 18.2 Å². The Morgan fingerprint density at radius 3 is 2.69 bits per heavy atom. The van der Waals surface area contributed by atoms with E-state index >= 15 is 0 Å². The van der Waals surface area contributed by atoms with Crippen molar-refractivity contribution in [3.63, 3.8) is 0 Å². The maximum absolute atomic E-state index is 13.5. The van der Waals surface area contributed by atoms with Gasteiger partial charge in [0.2, 0.25) is 0 Å². The predicted octanol–water partition coefficient (Wildman–Crippen LogP) is 2.01. The molecule has 0 aliphatic heterocycles. The van der Waals surface area contributed by atoms with E-state index in [9.17, 15) is 9.18 Å². The maximum Gasteiger partial charge on any atom is 0.179 e. The first kappa shape index (κ1) is 12.6. The Labute approximate surface area is 94.6 Å². The minimum Gasteiger partial charge on any atom is -0.497 e. The third-order valence-electron chi connectivity index (χ3n) is 2.15. The maximum atomic E-state index is 13.5. The molecule has 0 aromatic heterocycles. The average Bonchev–Trinajstić information content (AvgIpc) is 2.25. The summed E-state index contributed by atoms with van der Waals surface area (Å²) in [5.41, 5.74) is 0.0916. The fourth-order valence-corrected chi connectivity index (χ4v) is 1.24. The summed E-state index contributed by atoms with van der Waals surface area (Å²) < 4.78 is 18.3. The Morgan fingerprint density at radius 2 is 2.19 bits per heavy atom. The van der Waals surface area contributed by atoms with Gasteiger partial charge in [-0.15, -0.1) is 0 Å². The van der Waals surface area contributed by atoms with Crippen molar-refractivity contribution in [3.05, 3.63) is 29.6 Å². The van der Waals surface area contributed by atoms with Crippen LogP contribution in [0.3, 0.4) is 0 Å². The second-order valence-corrected chi connectivity index (χ2v) is 3.80. The van der Waals surface area contributed by atoms with Crippen LogP contribution in [0.1, 0.15) is 24.2 Å². The molecule has 0 spiro atoms. The number of nitrogens with one attached hydrogen (secondary N) is 1. The van der Waals surface area contributed by atoms with E-state index < -0.39 is 5.82 Å². The highest BCUT2D eigenvalue weighted by Crippen LogP contribution is 2.16. The van der Waals surface area contributed by atoms with Gasteiger partial charge < -0.3 is 10.1 Å². The Morgan fingerprint density at radius 1 is 1.50 bits per heavy atom. The van der Waals surface area contributed by atoms with Gasteiger partial charge in [-0.25, -0.2) is 4.39 Å². The summed E-state index contributed by atoms with van der Waals surface area (Å²) in [5, 5.41) is 2.95. The van der Waals surface area contributed by atoms with E-state index in [1.165, 1.54) is 19.2 Å². The molecular weight excluding hydrogens is 209 g/mol. The van der Waals surface area contributed by atoms with E-state index in [4.69, 9.17) is 4.74 Å². The van der Waals surface area contributed by atoms with Crippen LogP contribution in [0.25, 0.3) is 0 Å². The number of ketones is 1. The van der Waals surface area contributed by atoms with Crippen molar-refractivity contribution in [3.8, 4) is 5.75 Å². The first-order valence-corrected chi connectivity index (χ1v) is 5.14. The van der Waals surface area contributed by atoms with Crippen molar-refractivity contribution in [2.45, 2.75) is 19.9 Å². The lowest BCUT2D eigenvalue weighted by Gasteiger charge is -2.08. The molecule has 88 valence electrons. The molecule has 4 heteroatoms. The number of Topliss-reactive ketones (excluding diaryl/α,β-unsaturated/α-hetero) is 1. The number of carbonyl (C=O) groups excluding carboxylic acids is 1. The van der Waals surface area contributed by atoms with Gasteiger partial charge in [0.25, 0.3) is 0 Å². The van der Waals surface area contributed by atoms with Gasteiger partial charge in [-0.3, -0.25) is 4.79 Å². The first-order chi connectivity index (χ1) is 7.54. The van der Waals surface area contributed by atoms with Crippen LogP contribution in [0.5, 0.6) is 5.75 Å². The van der Waals surface area contributed by atoms with Crippen LogP contribution in [-0.2, 0) is 0 Å². The van der Waals surface area contributed by atoms with Crippen molar-refractivity contribution >= 4 is 5.78 Å². The molecule has 0 aliphatic rings. The molecule has 1 aromatic rings. The summed E-state index contributed by atoms with van der Waals surface area (Å²) in [7, 11) is 1.45.